The number of fused-ring (bicyclic) bond motifs is 1. The molecule has 0 bridgehead atoms. The number of carbonyl (C=O) groups is 1. The Hall–Kier alpha value is -3.25. The molecule has 1 N–H and O–H groups in total. The zero-order valence-corrected chi connectivity index (χ0v) is 18.1. The molecule has 6 heteroatoms. The summed E-state index contributed by atoms with van der Waals surface area (Å²) in [7, 11) is 0. The SMILES string of the molecule is O=C(Cc1csc(Cc2ccccc2)n1)Nc1cccc(-c2cn3c(n2)CCCC3)c1. The van der Waals surface area contributed by atoms with Crippen LogP contribution >= 0.6 is 11.3 Å². The van der Waals surface area contributed by atoms with Gasteiger partial charge in [0, 0.05) is 42.2 Å². The van der Waals surface area contributed by atoms with Crippen molar-refractivity contribution in [1.29, 1.82) is 0 Å². The Balaban J connectivity index is 1.23. The second-order valence-electron chi connectivity index (χ2n) is 7.89. The predicted molar refractivity (Wildman–Crippen MR) is 124 cm³/mol. The number of imidazole rings is 1. The Kier molecular flexibility index (Phi) is 5.63. The van der Waals surface area contributed by atoms with E-state index in [1.54, 1.807) is 11.3 Å². The zero-order valence-electron chi connectivity index (χ0n) is 17.3. The normalized spacial score (nSPS) is 13.0. The summed E-state index contributed by atoms with van der Waals surface area (Å²) >= 11 is 1.60. The summed E-state index contributed by atoms with van der Waals surface area (Å²) < 4.78 is 2.25. The molecule has 0 atom stereocenters. The molecule has 1 aliphatic heterocycles. The zero-order chi connectivity index (χ0) is 21.0. The van der Waals surface area contributed by atoms with Crippen molar-refractivity contribution in [3.8, 4) is 11.3 Å². The Morgan fingerprint density at radius 3 is 2.84 bits per heavy atom. The third-order valence-corrected chi connectivity index (χ3v) is 6.39. The first-order valence-corrected chi connectivity index (χ1v) is 11.5. The number of carbonyl (C=O) groups excluding carboxylic acids is 1. The van der Waals surface area contributed by atoms with Gasteiger partial charge in [0.2, 0.25) is 5.91 Å². The summed E-state index contributed by atoms with van der Waals surface area (Å²) in [5.41, 5.74) is 4.82. The highest BCUT2D eigenvalue weighted by molar-refractivity contribution is 7.09. The molecule has 156 valence electrons. The van der Waals surface area contributed by atoms with Crippen LogP contribution in [0, 0.1) is 0 Å². The highest BCUT2D eigenvalue weighted by Gasteiger charge is 2.14. The number of nitrogens with one attached hydrogen (secondary N) is 1. The van der Waals surface area contributed by atoms with E-state index in [2.05, 4.69) is 33.2 Å². The summed E-state index contributed by atoms with van der Waals surface area (Å²) in [5, 5.41) is 6.02. The largest absolute Gasteiger partial charge is 0.334 e. The molecular formula is C25H24N4OS. The van der Waals surface area contributed by atoms with E-state index in [1.165, 1.54) is 18.4 Å². The lowest BCUT2D eigenvalue weighted by atomic mass is 10.1. The Morgan fingerprint density at radius 1 is 1.06 bits per heavy atom. The quantitative estimate of drug-likeness (QED) is 0.464. The standard InChI is InChI=1S/C25H24N4OS/c30-24(15-21-17-31-25(27-21)13-18-7-2-1-3-8-18)26-20-10-6-9-19(14-20)22-16-29-12-5-4-11-23(29)28-22/h1-3,6-10,14,16-17H,4-5,11-13,15H2,(H,26,30). The third kappa shape index (κ3) is 4.75. The van der Waals surface area contributed by atoms with E-state index in [0.29, 0.717) is 0 Å². The number of hydrogen-bond donors (Lipinski definition) is 1. The highest BCUT2D eigenvalue weighted by atomic mass is 32.1. The lowest BCUT2D eigenvalue weighted by Gasteiger charge is -2.11. The third-order valence-electron chi connectivity index (χ3n) is 5.49. The molecule has 0 fully saturated rings. The van der Waals surface area contributed by atoms with Gasteiger partial charge in [0.1, 0.15) is 5.82 Å². The van der Waals surface area contributed by atoms with E-state index in [9.17, 15) is 4.79 Å². The maximum Gasteiger partial charge on any atom is 0.230 e. The van der Waals surface area contributed by atoms with E-state index in [1.807, 2.05) is 47.8 Å². The number of nitrogens with zero attached hydrogens (tertiary/aromatic N) is 3. The molecular weight excluding hydrogens is 404 g/mol. The number of rotatable bonds is 6. The molecule has 0 saturated heterocycles. The fraction of sp³-hybridized carbons (Fsp3) is 0.240. The number of hydrogen-bond acceptors (Lipinski definition) is 4. The minimum Gasteiger partial charge on any atom is -0.334 e. The van der Waals surface area contributed by atoms with Gasteiger partial charge in [0.25, 0.3) is 0 Å². The number of aromatic nitrogens is 3. The van der Waals surface area contributed by atoms with Crippen LogP contribution in [0.1, 0.15) is 34.9 Å². The van der Waals surface area contributed by atoms with Crippen molar-refractivity contribution >= 4 is 22.9 Å². The van der Waals surface area contributed by atoms with E-state index in [0.717, 1.165) is 52.9 Å². The van der Waals surface area contributed by atoms with E-state index >= 15 is 0 Å². The van der Waals surface area contributed by atoms with Gasteiger partial charge in [0.15, 0.2) is 0 Å². The Bertz CT molecular complexity index is 1170. The molecule has 0 saturated carbocycles. The van der Waals surface area contributed by atoms with Crippen LogP contribution in [0.4, 0.5) is 5.69 Å². The van der Waals surface area contributed by atoms with Gasteiger partial charge in [0.05, 0.1) is 22.8 Å². The first kappa shape index (κ1) is 19.7. The number of thiazole rings is 1. The second-order valence-corrected chi connectivity index (χ2v) is 8.84. The first-order chi connectivity index (χ1) is 15.2. The maximum absolute atomic E-state index is 12.6. The molecule has 5 nitrogen and oxygen atoms in total. The van der Waals surface area contributed by atoms with Crippen LogP contribution in [-0.2, 0) is 30.6 Å². The van der Waals surface area contributed by atoms with Gasteiger partial charge in [-0.25, -0.2) is 9.97 Å². The molecule has 3 heterocycles. The summed E-state index contributed by atoms with van der Waals surface area (Å²) in [6.07, 6.45) is 6.65. The van der Waals surface area contributed by atoms with Crippen LogP contribution in [0.3, 0.4) is 0 Å². The fourth-order valence-electron chi connectivity index (χ4n) is 3.96. The molecule has 2 aromatic carbocycles. The van der Waals surface area contributed by atoms with Crippen molar-refractivity contribution in [1.82, 2.24) is 14.5 Å². The second kappa shape index (κ2) is 8.86. The molecule has 0 unspecified atom stereocenters. The van der Waals surface area contributed by atoms with Crippen molar-refractivity contribution in [3.63, 3.8) is 0 Å². The van der Waals surface area contributed by atoms with Crippen LogP contribution in [0.15, 0.2) is 66.2 Å². The van der Waals surface area contributed by atoms with Crippen molar-refractivity contribution < 1.29 is 4.79 Å². The van der Waals surface area contributed by atoms with Gasteiger partial charge in [-0.05, 0) is 30.5 Å². The average molecular weight is 429 g/mol. The number of benzene rings is 2. The fourth-order valence-corrected chi connectivity index (χ4v) is 4.79. The Morgan fingerprint density at radius 2 is 1.97 bits per heavy atom. The monoisotopic (exact) mass is 428 g/mol. The molecule has 1 amide bonds. The van der Waals surface area contributed by atoms with Gasteiger partial charge in [-0.2, -0.15) is 0 Å². The van der Waals surface area contributed by atoms with E-state index in [4.69, 9.17) is 4.98 Å². The van der Waals surface area contributed by atoms with Crippen LogP contribution in [0.2, 0.25) is 0 Å². The number of anilines is 1. The predicted octanol–water partition coefficient (Wildman–Crippen LogP) is 5.11. The van der Waals surface area contributed by atoms with Crippen LogP contribution in [0.5, 0.6) is 0 Å². The topological polar surface area (TPSA) is 59.8 Å². The molecule has 1 aliphatic rings. The molecule has 2 aromatic heterocycles. The lowest BCUT2D eigenvalue weighted by Crippen LogP contribution is -2.14. The molecule has 0 aliphatic carbocycles. The molecule has 0 radical (unpaired) electrons. The van der Waals surface area contributed by atoms with Crippen molar-refractivity contribution in [2.75, 3.05) is 5.32 Å². The van der Waals surface area contributed by atoms with Crippen LogP contribution < -0.4 is 5.32 Å². The van der Waals surface area contributed by atoms with Crippen LogP contribution in [-0.4, -0.2) is 20.4 Å². The minimum absolute atomic E-state index is 0.0576. The van der Waals surface area contributed by atoms with Crippen molar-refractivity contribution in [3.05, 3.63) is 88.3 Å². The van der Waals surface area contributed by atoms with Crippen LogP contribution in [0.25, 0.3) is 11.3 Å². The van der Waals surface area contributed by atoms with Gasteiger partial charge >= 0.3 is 0 Å². The summed E-state index contributed by atoms with van der Waals surface area (Å²) in [5.74, 6) is 1.10. The smallest absolute Gasteiger partial charge is 0.230 e. The minimum atomic E-state index is -0.0576. The van der Waals surface area contributed by atoms with Gasteiger partial charge in [-0.15, -0.1) is 11.3 Å². The van der Waals surface area contributed by atoms with E-state index in [-0.39, 0.29) is 12.3 Å². The summed E-state index contributed by atoms with van der Waals surface area (Å²) in [4.78, 5) is 22.0. The highest BCUT2D eigenvalue weighted by Crippen LogP contribution is 2.25. The molecule has 31 heavy (non-hydrogen) atoms. The first-order valence-electron chi connectivity index (χ1n) is 10.7. The number of aryl methyl sites for hydroxylation is 2. The van der Waals surface area contributed by atoms with Crippen molar-refractivity contribution in [2.45, 2.75) is 38.6 Å². The molecule has 0 spiro atoms. The van der Waals surface area contributed by atoms with E-state index < -0.39 is 0 Å². The van der Waals surface area contributed by atoms with Gasteiger partial charge in [-0.3, -0.25) is 4.79 Å². The number of amides is 1. The maximum atomic E-state index is 12.6. The van der Waals surface area contributed by atoms with Crippen molar-refractivity contribution in [2.24, 2.45) is 0 Å². The van der Waals surface area contributed by atoms with Gasteiger partial charge < -0.3 is 9.88 Å². The molecule has 4 aromatic rings. The summed E-state index contributed by atoms with van der Waals surface area (Å²) in [6.45, 7) is 1.04. The Labute approximate surface area is 185 Å². The van der Waals surface area contributed by atoms with Gasteiger partial charge in [-0.1, -0.05) is 42.5 Å². The molecule has 5 rings (SSSR count). The lowest BCUT2D eigenvalue weighted by molar-refractivity contribution is -0.115. The average Bonchev–Trinajstić information content (AvgIpc) is 3.41. The summed E-state index contributed by atoms with van der Waals surface area (Å²) in [6, 6.07) is 18.2.